The molecule has 0 aliphatic carbocycles. The third-order valence-corrected chi connectivity index (χ3v) is 6.70. The van der Waals surface area contributed by atoms with Gasteiger partial charge in [0.15, 0.2) is 0 Å². The number of hydrogen-bond donors (Lipinski definition) is 1. The standard InChI is InChI=1S/C15H20Br2N2O3S/c16-12-6-7-13(17)14(11-12)23(21,22)18-8-4-10-19-9-3-1-2-5-15(19)20/h6-7,11,18H,1-5,8-10H2. The third kappa shape index (κ3) is 5.55. The summed E-state index contributed by atoms with van der Waals surface area (Å²) in [4.78, 5) is 13.9. The molecule has 1 aliphatic rings. The molecule has 128 valence electrons. The fraction of sp³-hybridized carbons (Fsp3) is 0.533. The number of hydrogen-bond acceptors (Lipinski definition) is 3. The average Bonchev–Trinajstić information content (AvgIpc) is 2.71. The Bertz CT molecular complexity index is 665. The summed E-state index contributed by atoms with van der Waals surface area (Å²) in [5.41, 5.74) is 0. The second-order valence-corrected chi connectivity index (χ2v) is 9.02. The number of nitrogens with zero attached hydrogens (tertiary/aromatic N) is 1. The topological polar surface area (TPSA) is 66.5 Å². The van der Waals surface area contributed by atoms with E-state index in [2.05, 4.69) is 36.6 Å². The summed E-state index contributed by atoms with van der Waals surface area (Å²) in [6.45, 7) is 1.69. The van der Waals surface area contributed by atoms with Crippen molar-refractivity contribution in [3.63, 3.8) is 0 Å². The van der Waals surface area contributed by atoms with Crippen LogP contribution in [0.1, 0.15) is 32.1 Å². The predicted octanol–water partition coefficient (Wildman–Crippen LogP) is 3.28. The van der Waals surface area contributed by atoms with Gasteiger partial charge in [-0.15, -0.1) is 0 Å². The molecule has 1 aliphatic heterocycles. The van der Waals surface area contributed by atoms with E-state index in [0.29, 0.717) is 34.9 Å². The van der Waals surface area contributed by atoms with E-state index < -0.39 is 10.0 Å². The number of sulfonamides is 1. The van der Waals surface area contributed by atoms with Gasteiger partial charge in [0.2, 0.25) is 15.9 Å². The molecule has 0 saturated carbocycles. The lowest BCUT2D eigenvalue weighted by atomic mass is 10.2. The van der Waals surface area contributed by atoms with E-state index in [1.807, 2.05) is 4.90 Å². The average molecular weight is 468 g/mol. The van der Waals surface area contributed by atoms with Gasteiger partial charge in [0.25, 0.3) is 0 Å². The van der Waals surface area contributed by atoms with Crippen molar-refractivity contribution < 1.29 is 13.2 Å². The zero-order valence-electron chi connectivity index (χ0n) is 12.7. The molecule has 0 radical (unpaired) electrons. The van der Waals surface area contributed by atoms with Crippen LogP contribution in [-0.4, -0.2) is 38.9 Å². The summed E-state index contributed by atoms with van der Waals surface area (Å²) < 4.78 is 28.5. The minimum Gasteiger partial charge on any atom is -0.343 e. The van der Waals surface area contributed by atoms with Crippen molar-refractivity contribution in [3.8, 4) is 0 Å². The summed E-state index contributed by atoms with van der Waals surface area (Å²) in [5, 5.41) is 0. The van der Waals surface area contributed by atoms with Crippen LogP contribution in [-0.2, 0) is 14.8 Å². The SMILES string of the molecule is O=C1CCCCCN1CCCNS(=O)(=O)c1cc(Br)ccc1Br. The molecule has 1 saturated heterocycles. The molecule has 1 aromatic carbocycles. The molecule has 8 heteroatoms. The lowest BCUT2D eigenvalue weighted by molar-refractivity contribution is -0.130. The molecule has 1 aromatic rings. The Labute approximate surface area is 154 Å². The van der Waals surface area contributed by atoms with Gasteiger partial charge in [0, 0.05) is 35.0 Å². The van der Waals surface area contributed by atoms with E-state index in [1.54, 1.807) is 18.2 Å². The fourth-order valence-corrected chi connectivity index (χ4v) is 5.09. The number of carbonyl (C=O) groups excluding carboxylic acids is 1. The Morgan fingerprint density at radius 1 is 1.17 bits per heavy atom. The normalized spacial score (nSPS) is 16.4. The van der Waals surface area contributed by atoms with Gasteiger partial charge in [-0.1, -0.05) is 22.4 Å². The Kier molecular flexibility index (Phi) is 7.06. The van der Waals surface area contributed by atoms with E-state index >= 15 is 0 Å². The molecule has 0 atom stereocenters. The molecule has 1 amide bonds. The molecule has 1 fully saturated rings. The van der Waals surface area contributed by atoms with Crippen LogP contribution >= 0.6 is 31.9 Å². The lowest BCUT2D eigenvalue weighted by Gasteiger charge is -2.20. The molecule has 1 N–H and O–H groups in total. The molecule has 23 heavy (non-hydrogen) atoms. The van der Waals surface area contributed by atoms with Gasteiger partial charge >= 0.3 is 0 Å². The minimum absolute atomic E-state index is 0.181. The van der Waals surface area contributed by atoms with Gasteiger partial charge in [-0.3, -0.25) is 4.79 Å². The van der Waals surface area contributed by atoms with E-state index in [4.69, 9.17) is 0 Å². The molecule has 0 aromatic heterocycles. The third-order valence-electron chi connectivity index (χ3n) is 3.75. The van der Waals surface area contributed by atoms with Crippen LogP contribution in [0.2, 0.25) is 0 Å². The fourth-order valence-electron chi connectivity index (χ4n) is 2.51. The van der Waals surface area contributed by atoms with Crippen molar-refractivity contribution in [2.75, 3.05) is 19.6 Å². The van der Waals surface area contributed by atoms with Gasteiger partial charge in [0.1, 0.15) is 0 Å². The number of benzene rings is 1. The van der Waals surface area contributed by atoms with Crippen molar-refractivity contribution in [2.45, 2.75) is 37.0 Å². The van der Waals surface area contributed by atoms with Gasteiger partial charge in [-0.2, -0.15) is 0 Å². The monoisotopic (exact) mass is 466 g/mol. The van der Waals surface area contributed by atoms with E-state index in [9.17, 15) is 13.2 Å². The smallest absolute Gasteiger partial charge is 0.241 e. The van der Waals surface area contributed by atoms with Crippen LogP contribution < -0.4 is 4.72 Å². The summed E-state index contributed by atoms with van der Waals surface area (Å²) in [6.07, 6.45) is 4.29. The van der Waals surface area contributed by atoms with E-state index in [-0.39, 0.29) is 10.8 Å². The Morgan fingerprint density at radius 3 is 2.74 bits per heavy atom. The Hall–Kier alpha value is -0.440. The zero-order valence-corrected chi connectivity index (χ0v) is 16.7. The summed E-state index contributed by atoms with van der Waals surface area (Å²) >= 11 is 6.54. The highest BCUT2D eigenvalue weighted by molar-refractivity contribution is 9.11. The predicted molar refractivity (Wildman–Crippen MR) is 96.7 cm³/mol. The first-order chi connectivity index (χ1) is 10.9. The van der Waals surface area contributed by atoms with Crippen molar-refractivity contribution in [1.82, 2.24) is 9.62 Å². The van der Waals surface area contributed by atoms with Gasteiger partial charge in [0.05, 0.1) is 4.90 Å². The Balaban J connectivity index is 1.87. The molecule has 2 rings (SSSR count). The van der Waals surface area contributed by atoms with Crippen molar-refractivity contribution in [3.05, 3.63) is 27.1 Å². The second-order valence-electron chi connectivity index (χ2n) is 5.52. The van der Waals surface area contributed by atoms with Crippen molar-refractivity contribution in [1.29, 1.82) is 0 Å². The largest absolute Gasteiger partial charge is 0.343 e. The first-order valence-corrected chi connectivity index (χ1v) is 10.7. The number of amides is 1. The van der Waals surface area contributed by atoms with Gasteiger partial charge in [-0.25, -0.2) is 13.1 Å². The van der Waals surface area contributed by atoms with E-state index in [1.165, 1.54) is 0 Å². The first kappa shape index (κ1) is 18.9. The summed E-state index contributed by atoms with van der Waals surface area (Å²) in [7, 11) is -3.57. The lowest BCUT2D eigenvalue weighted by Crippen LogP contribution is -2.34. The quantitative estimate of drug-likeness (QED) is 0.652. The molecule has 5 nitrogen and oxygen atoms in total. The number of carbonyl (C=O) groups is 1. The zero-order chi connectivity index (χ0) is 16.9. The molecule has 0 bridgehead atoms. The Morgan fingerprint density at radius 2 is 1.96 bits per heavy atom. The summed E-state index contributed by atoms with van der Waals surface area (Å²) in [5.74, 6) is 0.181. The van der Waals surface area contributed by atoms with Crippen LogP contribution in [0.25, 0.3) is 0 Å². The highest BCUT2D eigenvalue weighted by atomic mass is 79.9. The van der Waals surface area contributed by atoms with Crippen LogP contribution in [0.5, 0.6) is 0 Å². The summed E-state index contributed by atoms with van der Waals surface area (Å²) in [6, 6.07) is 5.02. The molecule has 0 unspecified atom stereocenters. The van der Waals surface area contributed by atoms with Crippen LogP contribution in [0.3, 0.4) is 0 Å². The highest BCUT2D eigenvalue weighted by Crippen LogP contribution is 2.25. The molecule has 0 spiro atoms. The van der Waals surface area contributed by atoms with Gasteiger partial charge < -0.3 is 4.90 Å². The molecule has 1 heterocycles. The first-order valence-electron chi connectivity index (χ1n) is 7.62. The number of nitrogens with one attached hydrogen (secondary N) is 1. The number of halogens is 2. The van der Waals surface area contributed by atoms with E-state index in [0.717, 1.165) is 25.8 Å². The molecular weight excluding hydrogens is 448 g/mol. The molecular formula is C15H20Br2N2O3S. The second kappa shape index (κ2) is 8.60. The van der Waals surface area contributed by atoms with Crippen molar-refractivity contribution >= 4 is 47.8 Å². The van der Waals surface area contributed by atoms with Crippen LogP contribution in [0.15, 0.2) is 32.0 Å². The van der Waals surface area contributed by atoms with Crippen LogP contribution in [0.4, 0.5) is 0 Å². The van der Waals surface area contributed by atoms with Gasteiger partial charge in [-0.05, 0) is 53.4 Å². The maximum atomic E-state index is 12.3. The van der Waals surface area contributed by atoms with Crippen LogP contribution in [0, 0.1) is 0 Å². The highest BCUT2D eigenvalue weighted by Gasteiger charge is 2.19. The van der Waals surface area contributed by atoms with Crippen molar-refractivity contribution in [2.24, 2.45) is 0 Å². The number of likely N-dealkylation sites (tertiary alicyclic amines) is 1. The number of rotatable bonds is 6. The maximum Gasteiger partial charge on any atom is 0.241 e. The minimum atomic E-state index is -3.57. The maximum absolute atomic E-state index is 12.3.